The topological polar surface area (TPSA) is 90.0 Å². The predicted octanol–water partition coefficient (Wildman–Crippen LogP) is -0.123. The molecule has 2 heterocycles. The van der Waals surface area contributed by atoms with Crippen molar-refractivity contribution in [1.82, 2.24) is 15.1 Å². The molecule has 0 saturated carbocycles. The van der Waals surface area contributed by atoms with Crippen LogP contribution in [0.15, 0.2) is 0 Å². The molecule has 7 heteroatoms. The molecule has 2 atom stereocenters. The summed E-state index contributed by atoms with van der Waals surface area (Å²) < 4.78 is 0. The molecule has 2 aliphatic rings. The third-order valence-corrected chi connectivity index (χ3v) is 4.61. The molecule has 2 fully saturated rings. The van der Waals surface area contributed by atoms with E-state index in [2.05, 4.69) is 5.32 Å². The molecule has 7 nitrogen and oxygen atoms in total. The number of hydrogen-bond donors (Lipinski definition) is 2. The standard InChI is InChI=1S/C16H27N3O4/c1-12(20)17-13-6-9-18(10-7-14(13)21)16(23)11-19-8-4-2-3-5-15(19)22/h13-14,21H,2-11H2,1H3,(H,17,20)/t13-,14-/m0/s1. The van der Waals surface area contributed by atoms with Crippen molar-refractivity contribution in [2.45, 2.75) is 57.6 Å². The Morgan fingerprint density at radius 3 is 2.65 bits per heavy atom. The Bertz CT molecular complexity index is 455. The van der Waals surface area contributed by atoms with E-state index < -0.39 is 6.10 Å². The van der Waals surface area contributed by atoms with Crippen LogP contribution < -0.4 is 5.32 Å². The minimum atomic E-state index is -0.642. The van der Waals surface area contributed by atoms with Gasteiger partial charge in [0, 0.05) is 33.0 Å². The van der Waals surface area contributed by atoms with Gasteiger partial charge in [-0.15, -0.1) is 0 Å². The smallest absolute Gasteiger partial charge is 0.242 e. The highest BCUT2D eigenvalue weighted by atomic mass is 16.3. The van der Waals surface area contributed by atoms with Gasteiger partial charge in [-0.3, -0.25) is 14.4 Å². The molecule has 2 aliphatic heterocycles. The maximum Gasteiger partial charge on any atom is 0.242 e. The highest BCUT2D eigenvalue weighted by Gasteiger charge is 2.29. The quantitative estimate of drug-likeness (QED) is 0.757. The van der Waals surface area contributed by atoms with Gasteiger partial charge in [0.2, 0.25) is 17.7 Å². The molecule has 0 spiro atoms. The van der Waals surface area contributed by atoms with Crippen LogP contribution in [0, 0.1) is 0 Å². The molecular weight excluding hydrogens is 298 g/mol. The zero-order valence-electron chi connectivity index (χ0n) is 13.8. The van der Waals surface area contributed by atoms with Crippen molar-refractivity contribution < 1.29 is 19.5 Å². The molecule has 0 aromatic heterocycles. The van der Waals surface area contributed by atoms with Crippen LogP contribution in [0.3, 0.4) is 0 Å². The summed E-state index contributed by atoms with van der Waals surface area (Å²) in [5.74, 6) is -0.193. The average molecular weight is 325 g/mol. The molecule has 0 aromatic carbocycles. The van der Waals surface area contributed by atoms with Gasteiger partial charge in [0.05, 0.1) is 18.7 Å². The van der Waals surface area contributed by atoms with Crippen LogP contribution in [0.2, 0.25) is 0 Å². The summed E-state index contributed by atoms with van der Waals surface area (Å²) in [6.45, 7) is 3.14. The molecule has 0 bridgehead atoms. The van der Waals surface area contributed by atoms with Gasteiger partial charge < -0.3 is 20.2 Å². The summed E-state index contributed by atoms with van der Waals surface area (Å²) in [4.78, 5) is 39.0. The van der Waals surface area contributed by atoms with Crippen molar-refractivity contribution in [3.8, 4) is 0 Å². The highest BCUT2D eigenvalue weighted by Crippen LogP contribution is 2.15. The largest absolute Gasteiger partial charge is 0.391 e. The zero-order valence-corrected chi connectivity index (χ0v) is 13.8. The Hall–Kier alpha value is -1.63. The van der Waals surface area contributed by atoms with E-state index in [0.717, 1.165) is 19.3 Å². The molecule has 0 unspecified atom stereocenters. The van der Waals surface area contributed by atoms with Crippen molar-refractivity contribution in [2.75, 3.05) is 26.2 Å². The maximum atomic E-state index is 12.5. The van der Waals surface area contributed by atoms with Gasteiger partial charge in [0.15, 0.2) is 0 Å². The third-order valence-electron chi connectivity index (χ3n) is 4.61. The first-order valence-corrected chi connectivity index (χ1v) is 8.48. The van der Waals surface area contributed by atoms with Crippen LogP contribution in [0.5, 0.6) is 0 Å². The van der Waals surface area contributed by atoms with Gasteiger partial charge in [-0.25, -0.2) is 0 Å². The molecule has 2 saturated heterocycles. The summed E-state index contributed by atoms with van der Waals surface area (Å²) in [6.07, 6.45) is 3.73. The van der Waals surface area contributed by atoms with Crippen molar-refractivity contribution >= 4 is 17.7 Å². The van der Waals surface area contributed by atoms with E-state index in [4.69, 9.17) is 0 Å². The fourth-order valence-corrected chi connectivity index (χ4v) is 3.24. The summed E-state index contributed by atoms with van der Waals surface area (Å²) in [6, 6.07) is -0.315. The molecule has 23 heavy (non-hydrogen) atoms. The lowest BCUT2D eigenvalue weighted by molar-refractivity contribution is -0.140. The summed E-state index contributed by atoms with van der Waals surface area (Å²) in [7, 11) is 0. The van der Waals surface area contributed by atoms with Crippen LogP contribution in [-0.2, 0) is 14.4 Å². The normalized spacial score (nSPS) is 26.4. The lowest BCUT2D eigenvalue weighted by Gasteiger charge is -2.26. The lowest BCUT2D eigenvalue weighted by Crippen LogP contribution is -2.43. The van der Waals surface area contributed by atoms with E-state index in [1.54, 1.807) is 9.80 Å². The number of amides is 3. The molecule has 2 rings (SSSR count). The Morgan fingerprint density at radius 1 is 1.17 bits per heavy atom. The van der Waals surface area contributed by atoms with E-state index in [0.29, 0.717) is 38.9 Å². The first kappa shape index (κ1) is 17.7. The summed E-state index contributed by atoms with van der Waals surface area (Å²) >= 11 is 0. The number of hydrogen-bond acceptors (Lipinski definition) is 4. The summed E-state index contributed by atoms with van der Waals surface area (Å²) in [5, 5.41) is 12.8. The minimum absolute atomic E-state index is 0.0572. The van der Waals surface area contributed by atoms with Crippen LogP contribution in [0.4, 0.5) is 0 Å². The third kappa shape index (κ3) is 5.20. The van der Waals surface area contributed by atoms with Crippen molar-refractivity contribution in [1.29, 1.82) is 0 Å². The number of nitrogens with zero attached hydrogens (tertiary/aromatic N) is 2. The van der Waals surface area contributed by atoms with Gasteiger partial charge in [-0.05, 0) is 25.7 Å². The Morgan fingerprint density at radius 2 is 1.91 bits per heavy atom. The second-order valence-corrected chi connectivity index (χ2v) is 6.46. The number of rotatable bonds is 3. The molecular formula is C16H27N3O4. The number of aliphatic hydroxyl groups excluding tert-OH is 1. The molecule has 130 valence electrons. The number of aliphatic hydroxyl groups is 1. The van der Waals surface area contributed by atoms with E-state index in [1.165, 1.54) is 6.92 Å². The second-order valence-electron chi connectivity index (χ2n) is 6.46. The monoisotopic (exact) mass is 325 g/mol. The van der Waals surface area contributed by atoms with E-state index >= 15 is 0 Å². The SMILES string of the molecule is CC(=O)N[C@H]1CCN(C(=O)CN2CCCCCC2=O)CC[C@@H]1O. The van der Waals surface area contributed by atoms with Gasteiger partial charge in [-0.1, -0.05) is 6.42 Å². The molecule has 2 N–H and O–H groups in total. The van der Waals surface area contributed by atoms with E-state index in [1.807, 2.05) is 0 Å². The Kier molecular flexibility index (Phi) is 6.38. The number of likely N-dealkylation sites (tertiary alicyclic amines) is 2. The minimum Gasteiger partial charge on any atom is -0.391 e. The molecule has 0 radical (unpaired) electrons. The van der Waals surface area contributed by atoms with Crippen LogP contribution in [-0.4, -0.2) is 71.0 Å². The van der Waals surface area contributed by atoms with Crippen molar-refractivity contribution in [3.63, 3.8) is 0 Å². The first-order valence-electron chi connectivity index (χ1n) is 8.48. The first-order chi connectivity index (χ1) is 11.0. The highest BCUT2D eigenvalue weighted by molar-refractivity contribution is 5.85. The lowest BCUT2D eigenvalue weighted by atomic mass is 10.1. The number of carbonyl (C=O) groups excluding carboxylic acids is 3. The van der Waals surface area contributed by atoms with Gasteiger partial charge in [0.1, 0.15) is 0 Å². The Balaban J connectivity index is 1.89. The molecule has 3 amide bonds. The maximum absolute atomic E-state index is 12.5. The van der Waals surface area contributed by atoms with Crippen LogP contribution in [0.25, 0.3) is 0 Å². The van der Waals surface area contributed by atoms with Gasteiger partial charge in [-0.2, -0.15) is 0 Å². The van der Waals surface area contributed by atoms with E-state index in [9.17, 15) is 19.5 Å². The van der Waals surface area contributed by atoms with Crippen molar-refractivity contribution in [3.05, 3.63) is 0 Å². The van der Waals surface area contributed by atoms with Crippen LogP contribution >= 0.6 is 0 Å². The number of nitrogens with one attached hydrogen (secondary N) is 1. The van der Waals surface area contributed by atoms with Gasteiger partial charge >= 0.3 is 0 Å². The Labute approximate surface area is 137 Å². The van der Waals surface area contributed by atoms with E-state index in [-0.39, 0.29) is 30.3 Å². The summed E-state index contributed by atoms with van der Waals surface area (Å²) in [5.41, 5.74) is 0. The predicted molar refractivity (Wildman–Crippen MR) is 84.5 cm³/mol. The van der Waals surface area contributed by atoms with Crippen LogP contribution in [0.1, 0.15) is 45.4 Å². The molecule has 0 aromatic rings. The second kappa shape index (κ2) is 8.29. The number of carbonyl (C=O) groups is 3. The van der Waals surface area contributed by atoms with Crippen molar-refractivity contribution in [2.24, 2.45) is 0 Å². The average Bonchev–Trinajstić information content (AvgIpc) is 2.80. The zero-order chi connectivity index (χ0) is 16.8. The van der Waals surface area contributed by atoms with Gasteiger partial charge in [0.25, 0.3) is 0 Å². The molecule has 0 aliphatic carbocycles. The fraction of sp³-hybridized carbons (Fsp3) is 0.812. The fourth-order valence-electron chi connectivity index (χ4n) is 3.24.